The quantitative estimate of drug-likeness (QED) is 0.0216. The molecular formula is C72H62N18O10S2. The topological polar surface area (TPSA) is 466 Å². The molecule has 12 aromatic carbocycles. The van der Waals surface area contributed by atoms with Gasteiger partial charge >= 0.3 is 0 Å². The lowest BCUT2D eigenvalue weighted by atomic mass is 10.0. The van der Waals surface area contributed by atoms with E-state index >= 15 is 0 Å². The summed E-state index contributed by atoms with van der Waals surface area (Å²) in [5, 5.41) is 99.4. The number of nitrogens with one attached hydrogen (secondary N) is 2. The number of aryl methyl sites for hydroxylation is 4. The fourth-order valence-electron chi connectivity index (χ4n) is 10.4. The largest absolute Gasteiger partial charge is 0.508 e. The fraction of sp³-hybridized carbons (Fsp3) is 0.0556. The van der Waals surface area contributed by atoms with E-state index in [-0.39, 0.29) is 55.8 Å². The van der Waals surface area contributed by atoms with E-state index in [0.717, 1.165) is 33.9 Å². The molecule has 30 heteroatoms. The zero-order valence-corrected chi connectivity index (χ0v) is 56.1. The summed E-state index contributed by atoms with van der Waals surface area (Å²) < 4.78 is 68.9. The van der Waals surface area contributed by atoms with E-state index in [2.05, 4.69) is 72.0 Å². The summed E-state index contributed by atoms with van der Waals surface area (Å²) in [6.45, 7) is 7.25. The van der Waals surface area contributed by atoms with Gasteiger partial charge in [0.2, 0.25) is 0 Å². The van der Waals surface area contributed by atoms with Crippen LogP contribution in [-0.4, -0.2) is 46.4 Å². The second-order valence-electron chi connectivity index (χ2n) is 22.9. The zero-order chi connectivity index (χ0) is 72.6. The van der Waals surface area contributed by atoms with Crippen molar-refractivity contribution in [2.24, 2.45) is 61.4 Å². The average Bonchev–Trinajstić information content (AvgIpc) is 0.755. The number of nitrogens with zero attached hydrogens (tertiary/aromatic N) is 12. The number of phenols is 4. The molecule has 0 aliphatic carbocycles. The van der Waals surface area contributed by atoms with E-state index in [9.17, 15) is 46.4 Å². The average molecular weight is 1400 g/mol. The molecule has 0 fully saturated rings. The summed E-state index contributed by atoms with van der Waals surface area (Å²) in [5.74, 6) is -1.17. The smallest absolute Gasteiger partial charge is 0.296 e. The Balaban J connectivity index is 0.000000205. The molecular weight excluding hydrogens is 1340 g/mol. The Hall–Kier alpha value is -13.4. The van der Waals surface area contributed by atoms with Crippen LogP contribution < -0.4 is 33.6 Å². The van der Waals surface area contributed by atoms with Gasteiger partial charge < -0.3 is 54.0 Å². The second kappa shape index (κ2) is 29.7. The van der Waals surface area contributed by atoms with Crippen molar-refractivity contribution in [3.63, 3.8) is 0 Å². The van der Waals surface area contributed by atoms with Crippen molar-refractivity contribution in [2.75, 3.05) is 33.6 Å². The number of hydrogen-bond donors (Lipinski definition) is 12. The van der Waals surface area contributed by atoms with Gasteiger partial charge in [-0.1, -0.05) is 36.4 Å². The molecule has 0 heterocycles. The minimum Gasteiger partial charge on any atom is -0.508 e. The summed E-state index contributed by atoms with van der Waals surface area (Å²) in [6, 6.07) is 57.1. The molecule has 0 atom stereocenters. The molecule has 102 heavy (non-hydrogen) atoms. The Bertz CT molecular complexity index is 5320. The first-order valence-electron chi connectivity index (χ1n) is 30.6. The number of azo groups is 6. The van der Waals surface area contributed by atoms with Gasteiger partial charge in [-0.3, -0.25) is 9.11 Å². The maximum Gasteiger partial charge on any atom is 0.296 e. The van der Waals surface area contributed by atoms with E-state index in [0.29, 0.717) is 68.0 Å². The number of aromatic hydroxyl groups is 4. The van der Waals surface area contributed by atoms with Crippen LogP contribution in [0.15, 0.2) is 277 Å². The molecule has 512 valence electrons. The Kier molecular flexibility index (Phi) is 20.4. The molecule has 0 radical (unpaired) electrons. The Morgan fingerprint density at radius 1 is 0.343 bits per heavy atom. The Morgan fingerprint density at radius 2 is 0.716 bits per heavy atom. The highest BCUT2D eigenvalue weighted by Crippen LogP contribution is 2.50. The molecule has 16 N–H and O–H groups in total. The highest BCUT2D eigenvalue weighted by atomic mass is 32.2. The molecule has 0 amide bonds. The molecule has 12 aromatic rings. The van der Waals surface area contributed by atoms with E-state index < -0.39 is 52.9 Å². The van der Waals surface area contributed by atoms with Crippen molar-refractivity contribution in [2.45, 2.75) is 37.5 Å². The minimum atomic E-state index is -4.80. The van der Waals surface area contributed by atoms with Crippen LogP contribution in [0.4, 0.5) is 114 Å². The standard InChI is InChI=1S/2C36H31N9O5S/c1-20-17-27(13-15-28(20)39-24-9-11-26(12-10-24)40-43-29-14-8-23(37)19-30(29)46)42-44-34-21(2)16-22-18-31(51(48,49)50)35(36(47)32(22)33(34)38)45-41-25-6-4-3-5-7-25;1-20-17-26(12-14-29(20)39-23-8-10-25(11-9-23)40-43-30-15-13-27(46)19-28(30)37)42-44-34-21(2)16-22-18-31(51(48,49)50)35(36(47)32(22)33(34)38)45-41-24-6-4-3-5-7-24/h2*3-19,39,46-47H,37-38H2,1-2H3,(H,48,49,50). The number of fused-ring (bicyclic) bond motifs is 2. The predicted molar refractivity (Wildman–Crippen MR) is 394 cm³/mol. The normalized spacial score (nSPS) is 12.1. The SMILES string of the molecule is Cc1cc(N=Nc2c(C)cc3cc(S(=O)(=O)O)c(N=Nc4ccccc4)c(O)c3c2N)ccc1Nc1ccc(N=Nc2ccc(N)cc2O)cc1.Cc1cc(N=Nc2c(C)cc3cc(S(=O)(=O)O)c(N=Nc4ccccc4)c(O)c3c2N)ccc1Nc1ccc(N=Nc2ccc(O)cc2N)cc1. The zero-order valence-electron chi connectivity index (χ0n) is 54.4. The van der Waals surface area contributed by atoms with Gasteiger partial charge in [-0.2, -0.15) is 47.5 Å². The predicted octanol–water partition coefficient (Wildman–Crippen LogP) is 20.5. The molecule has 28 nitrogen and oxygen atoms in total. The second-order valence-corrected chi connectivity index (χ2v) is 25.7. The lowest BCUT2D eigenvalue weighted by Gasteiger charge is -2.13. The fourth-order valence-corrected chi connectivity index (χ4v) is 11.7. The number of nitrogens with two attached hydrogens (primary N) is 4. The number of hydrogen-bond acceptors (Lipinski definition) is 26. The molecule has 0 aliphatic rings. The van der Waals surface area contributed by atoms with Gasteiger partial charge in [-0.05, 0) is 218 Å². The van der Waals surface area contributed by atoms with E-state index in [4.69, 9.17) is 22.9 Å². The monoisotopic (exact) mass is 1400 g/mol. The van der Waals surface area contributed by atoms with Crippen molar-refractivity contribution in [1.29, 1.82) is 0 Å². The van der Waals surface area contributed by atoms with Crippen molar-refractivity contribution in [3.8, 4) is 23.0 Å². The third-order valence-corrected chi connectivity index (χ3v) is 17.2. The van der Waals surface area contributed by atoms with Crippen LogP contribution in [-0.2, 0) is 20.2 Å². The van der Waals surface area contributed by atoms with Gasteiger partial charge in [0.15, 0.2) is 11.5 Å². The van der Waals surface area contributed by atoms with Crippen LogP contribution in [0, 0.1) is 27.7 Å². The number of phenolic OH excluding ortho intramolecular Hbond substituents is 4. The third kappa shape index (κ3) is 16.4. The van der Waals surface area contributed by atoms with E-state index in [1.165, 1.54) is 30.3 Å². The molecule has 0 saturated carbocycles. The van der Waals surface area contributed by atoms with Crippen molar-refractivity contribution in [3.05, 3.63) is 229 Å². The highest BCUT2D eigenvalue weighted by molar-refractivity contribution is 7.86. The van der Waals surface area contributed by atoms with Gasteiger partial charge in [0.1, 0.15) is 55.4 Å². The summed E-state index contributed by atoms with van der Waals surface area (Å²) in [7, 11) is -9.60. The summed E-state index contributed by atoms with van der Waals surface area (Å²) >= 11 is 0. The maximum atomic E-state index is 12.3. The minimum absolute atomic E-state index is 0.0348. The van der Waals surface area contributed by atoms with Crippen LogP contribution in [0.25, 0.3) is 21.5 Å². The number of nitrogen functional groups attached to an aromatic ring is 4. The van der Waals surface area contributed by atoms with Crippen LogP contribution in [0.2, 0.25) is 0 Å². The van der Waals surface area contributed by atoms with Crippen LogP contribution in [0.5, 0.6) is 23.0 Å². The molecule has 0 aromatic heterocycles. The Labute approximate surface area is 582 Å². The summed E-state index contributed by atoms with van der Waals surface area (Å²) in [5.41, 5.74) is 34.9. The van der Waals surface area contributed by atoms with Crippen molar-refractivity contribution >= 4 is 156 Å². The summed E-state index contributed by atoms with van der Waals surface area (Å²) in [6.07, 6.45) is 0. The van der Waals surface area contributed by atoms with Gasteiger partial charge in [-0.15, -0.1) is 30.7 Å². The van der Waals surface area contributed by atoms with Crippen LogP contribution in [0.3, 0.4) is 0 Å². The first-order chi connectivity index (χ1) is 48.7. The van der Waals surface area contributed by atoms with Crippen molar-refractivity contribution < 1.29 is 46.4 Å². The van der Waals surface area contributed by atoms with Gasteiger partial charge in [-0.25, -0.2) is 0 Å². The van der Waals surface area contributed by atoms with Crippen molar-refractivity contribution in [1.82, 2.24) is 0 Å². The van der Waals surface area contributed by atoms with Crippen LogP contribution in [0.1, 0.15) is 22.3 Å². The third-order valence-electron chi connectivity index (χ3n) is 15.5. The van der Waals surface area contributed by atoms with Gasteiger partial charge in [0.25, 0.3) is 20.2 Å². The maximum absolute atomic E-state index is 12.3. The first kappa shape index (κ1) is 69.9. The Morgan fingerprint density at radius 3 is 1.12 bits per heavy atom. The van der Waals surface area contributed by atoms with Gasteiger partial charge in [0.05, 0.1) is 62.0 Å². The van der Waals surface area contributed by atoms with E-state index in [1.54, 1.807) is 141 Å². The van der Waals surface area contributed by atoms with Gasteiger partial charge in [0, 0.05) is 40.6 Å². The first-order valence-corrected chi connectivity index (χ1v) is 33.5. The molecule has 12 rings (SSSR count). The molecule has 0 bridgehead atoms. The number of benzene rings is 12. The molecule has 0 unspecified atom stereocenters. The highest BCUT2D eigenvalue weighted by Gasteiger charge is 2.27. The number of rotatable bonds is 18. The lowest BCUT2D eigenvalue weighted by molar-refractivity contribution is 0.472. The molecule has 0 aliphatic heterocycles. The molecule has 0 spiro atoms. The van der Waals surface area contributed by atoms with E-state index in [1.807, 2.05) is 62.4 Å². The lowest BCUT2D eigenvalue weighted by Crippen LogP contribution is -2.00. The number of anilines is 8. The van der Waals surface area contributed by atoms with Crippen LogP contribution >= 0.6 is 0 Å². The summed E-state index contributed by atoms with van der Waals surface area (Å²) in [4.78, 5) is -1.25. The molecule has 0 saturated heterocycles.